The number of alkyl halides is 6. The molecule has 0 atom stereocenters. The Bertz CT molecular complexity index is 4100. The topological polar surface area (TPSA) is 333 Å². The summed E-state index contributed by atoms with van der Waals surface area (Å²) in [6.45, 7) is 5.79. The molecule has 11 aromatic carbocycles. The molecule has 0 fully saturated rings. The summed E-state index contributed by atoms with van der Waals surface area (Å²) >= 11 is 11.3. The van der Waals surface area contributed by atoms with Crippen molar-refractivity contribution in [1.29, 1.82) is 0 Å². The van der Waals surface area contributed by atoms with Gasteiger partial charge in [-0.15, -0.1) is 0 Å². The van der Waals surface area contributed by atoms with Gasteiger partial charge in [0.25, 0.3) is 0 Å². The van der Waals surface area contributed by atoms with Gasteiger partial charge in [0.1, 0.15) is 74.9 Å². The predicted octanol–water partition coefficient (Wildman–Crippen LogP) is 11.1. The van der Waals surface area contributed by atoms with Crippen LogP contribution >= 0.6 is 23.2 Å². The van der Waals surface area contributed by atoms with E-state index in [0.29, 0.717) is 146 Å². The van der Waals surface area contributed by atoms with Crippen LogP contribution in [0.4, 0.5) is 35.1 Å². The highest BCUT2D eigenvalue weighted by molar-refractivity contribution is 6.32. The van der Waals surface area contributed by atoms with E-state index in [1.165, 1.54) is 60.7 Å². The molecule has 0 heterocycles. The zero-order valence-corrected chi connectivity index (χ0v) is 62.9. The number of para-hydroxylation sites is 4. The normalized spacial score (nSPS) is 9.42. The molecule has 0 aromatic heterocycles. The van der Waals surface area contributed by atoms with Gasteiger partial charge >= 0.3 is 96.9 Å². The first-order valence-corrected chi connectivity index (χ1v) is 33.1. The average molecular weight is 1640 g/mol. The maximum atomic E-state index is 12.3. The standard InChI is InChI=1S/2C7H5BF3O2.C7H8BO3.3C7H8BO2.2C6H5BClO2.2C6H5BFO2.C6H6BO2/c9-7(10,11)5-1-3-6(4-2-5)13-8-12;9-7(10,11)5-2-1-3-6(4-5)13-8-12;1-10-6-3-2-4-7(5-6)11-8-9;1-6-3-2-4-7(5-6)10-8-9;2*1-6-4-2-3-5-7(6)10-8-9;8-5-2-1-3-6(4-5)10-7-9;8-5-3-1-2-4-6(5)10-7-9;8-5-1-3-6(4-2-5)10-7-9;8-5-2-1-3-6(4-5)10-7-9;8-7-9-6-4-2-1-3-5-6/h2*1-4,12H;2-5,9H,1H3;3*2-5,9H,1H3;4*1-4,9H;1-5,8H. The van der Waals surface area contributed by atoms with Crippen LogP contribution in [-0.2, 0) is 12.4 Å². The molecule has 11 N–H and O–H groups in total. The van der Waals surface area contributed by atoms with Crippen molar-refractivity contribution in [3.05, 3.63) is 322 Å². The van der Waals surface area contributed by atoms with Crippen LogP contribution in [0.3, 0.4) is 0 Å². The summed E-state index contributed by atoms with van der Waals surface area (Å²) < 4.78 is 152. The van der Waals surface area contributed by atoms with Gasteiger partial charge < -0.3 is 111 Å². The monoisotopic (exact) mass is 1640 g/mol. The maximum Gasteiger partial charge on any atom is 0.569 e. The van der Waals surface area contributed by atoms with Crippen LogP contribution in [0.2, 0.25) is 10.0 Å². The van der Waals surface area contributed by atoms with E-state index in [4.69, 9.17) is 102 Å². The van der Waals surface area contributed by atoms with E-state index in [0.717, 1.165) is 53.1 Å². The SMILES string of the molecule is COc1cccc(O[B]O)c1.Cc1cccc(O[B]O)c1.Cc1ccccc1O[B]O.Cc1ccccc1O[B]O.O[B]Oc1ccc(C(F)(F)F)cc1.O[B]Oc1ccc(F)cc1.O[B]Oc1cccc(C(F)(F)F)c1.O[B]Oc1cccc(Cl)c1.O[B]Oc1cccc(F)c1.O[B]Oc1ccccc1.O[B]Oc1ccccc1Cl. The third-order valence-electron chi connectivity index (χ3n) is 12.6. The van der Waals surface area contributed by atoms with Gasteiger partial charge in [-0.2, -0.15) is 26.3 Å². The summed E-state index contributed by atoms with van der Waals surface area (Å²) in [6, 6.07) is 71.1. The lowest BCUT2D eigenvalue weighted by atomic mass is 10.2. The molecule has 0 aliphatic rings. The Hall–Kier alpha value is -10.7. The second-order valence-electron chi connectivity index (χ2n) is 20.6. The van der Waals surface area contributed by atoms with E-state index in [2.05, 4.69) is 32.6 Å². The van der Waals surface area contributed by atoms with E-state index >= 15 is 0 Å². The van der Waals surface area contributed by atoms with E-state index in [-0.39, 0.29) is 28.9 Å². The summed E-state index contributed by atoms with van der Waals surface area (Å²) in [7, 11) is 7.91. The number of ether oxygens (including phenoxy) is 1. The fraction of sp³-hybridized carbons (Fsp3) is 0.0833. The maximum absolute atomic E-state index is 12.3. The highest BCUT2D eigenvalue weighted by Crippen LogP contribution is 2.32. The van der Waals surface area contributed by atoms with E-state index in [1.807, 2.05) is 93.6 Å². The highest BCUT2D eigenvalue weighted by Gasteiger charge is 2.31. The molecule has 11 rings (SSSR count). The van der Waals surface area contributed by atoms with Gasteiger partial charge in [-0.3, -0.25) is 0 Å². The summed E-state index contributed by atoms with van der Waals surface area (Å²) in [5.74, 6) is 4.94. The molecule has 597 valence electrons. The van der Waals surface area contributed by atoms with Crippen LogP contribution in [-0.4, -0.2) is 147 Å². The zero-order valence-electron chi connectivity index (χ0n) is 61.4. The molecule has 11 aromatic rings. The van der Waals surface area contributed by atoms with Gasteiger partial charge in [-0.1, -0.05) is 126 Å². The number of aryl methyl sites for hydroxylation is 3. The Kier molecular flexibility index (Phi) is 56.6. The molecule has 0 saturated carbocycles. The zero-order chi connectivity index (χ0) is 86.2. The van der Waals surface area contributed by atoms with Gasteiger partial charge in [0.2, 0.25) is 0 Å². The molecule has 44 heteroatoms. The van der Waals surface area contributed by atoms with Crippen molar-refractivity contribution < 1.29 is 146 Å². The fourth-order valence-electron chi connectivity index (χ4n) is 7.50. The van der Waals surface area contributed by atoms with Crippen molar-refractivity contribution in [3.8, 4) is 69.0 Å². The molecule has 0 aliphatic carbocycles. The van der Waals surface area contributed by atoms with Gasteiger partial charge in [0.15, 0.2) is 0 Å². The molecule has 0 saturated heterocycles. The lowest BCUT2D eigenvalue weighted by molar-refractivity contribution is -0.138. The second kappa shape index (κ2) is 63.6. The number of methoxy groups -OCH3 is 1. The lowest BCUT2D eigenvalue weighted by Crippen LogP contribution is -2.06. The fourth-order valence-corrected chi connectivity index (χ4v) is 7.86. The Morgan fingerprint density at radius 3 is 0.983 bits per heavy atom. The minimum atomic E-state index is -4.39. The molecule has 0 unspecified atom stereocenters. The molecule has 23 nitrogen and oxygen atoms in total. The summed E-state index contributed by atoms with van der Waals surface area (Å²) in [5.41, 5.74) is 1.56. The minimum Gasteiger partial charge on any atom is -0.537 e. The Labute approximate surface area is 682 Å². The Morgan fingerprint density at radius 2 is 0.578 bits per heavy atom. The predicted molar refractivity (Wildman–Crippen MR) is 426 cm³/mol. The number of benzene rings is 11. The van der Waals surface area contributed by atoms with Crippen molar-refractivity contribution in [2.45, 2.75) is 33.1 Å². The molecule has 0 aliphatic heterocycles. The first-order chi connectivity index (χ1) is 55.7. The molecular weight excluding hydrogens is 1570 g/mol. The first-order valence-electron chi connectivity index (χ1n) is 32.3. The largest absolute Gasteiger partial charge is 0.569 e. The van der Waals surface area contributed by atoms with Gasteiger partial charge in [0.05, 0.1) is 29.0 Å². The average Bonchev–Trinajstić information content (AvgIpc) is 1.06. The van der Waals surface area contributed by atoms with Crippen LogP contribution in [0, 0.1) is 32.4 Å². The minimum absolute atomic E-state index is 0.0580. The summed E-state index contributed by atoms with van der Waals surface area (Å²) in [4.78, 5) is 0. The van der Waals surface area contributed by atoms with E-state index in [9.17, 15) is 35.1 Å². The number of hydrogen-bond acceptors (Lipinski definition) is 23. The smallest absolute Gasteiger partial charge is 0.537 e. The number of halogens is 10. The van der Waals surface area contributed by atoms with Crippen LogP contribution in [0.15, 0.2) is 273 Å². The van der Waals surface area contributed by atoms with Crippen molar-refractivity contribution in [2.24, 2.45) is 0 Å². The third-order valence-corrected chi connectivity index (χ3v) is 13.1. The number of rotatable bonds is 23. The highest BCUT2D eigenvalue weighted by atomic mass is 35.5. The number of hydrogen-bond donors (Lipinski definition) is 11. The quantitative estimate of drug-likeness (QED) is 0.0209. The van der Waals surface area contributed by atoms with Crippen molar-refractivity contribution in [3.63, 3.8) is 0 Å². The van der Waals surface area contributed by atoms with Gasteiger partial charge in [-0.25, -0.2) is 8.78 Å². The Morgan fingerprint density at radius 1 is 0.259 bits per heavy atom. The van der Waals surface area contributed by atoms with Crippen LogP contribution < -0.4 is 55.9 Å². The van der Waals surface area contributed by atoms with E-state index < -0.39 is 23.5 Å². The molecule has 0 bridgehead atoms. The van der Waals surface area contributed by atoms with Crippen LogP contribution in [0.5, 0.6) is 69.0 Å². The summed E-state index contributed by atoms with van der Waals surface area (Å²) in [5, 5.41) is 91.5. The third kappa shape index (κ3) is 49.8. The van der Waals surface area contributed by atoms with Crippen LogP contribution in [0.1, 0.15) is 27.8 Å². The molecule has 0 amide bonds. The van der Waals surface area contributed by atoms with Crippen molar-refractivity contribution >= 4 is 108 Å². The van der Waals surface area contributed by atoms with Gasteiger partial charge in [-0.05, 0) is 195 Å². The Balaban J connectivity index is 0.000000639. The molecule has 11 radical (unpaired) electrons. The van der Waals surface area contributed by atoms with Crippen LogP contribution in [0.25, 0.3) is 0 Å². The van der Waals surface area contributed by atoms with Gasteiger partial charge in [0, 0.05) is 17.2 Å². The van der Waals surface area contributed by atoms with Crippen molar-refractivity contribution in [1.82, 2.24) is 0 Å². The molecular formula is C72H68B11Cl2F8O23. The summed E-state index contributed by atoms with van der Waals surface area (Å²) in [6.07, 6.45) is -8.74. The molecule has 116 heavy (non-hydrogen) atoms. The lowest BCUT2D eigenvalue weighted by Gasteiger charge is -2.08. The second-order valence-corrected chi connectivity index (χ2v) is 21.5. The first kappa shape index (κ1) is 103. The van der Waals surface area contributed by atoms with E-state index in [1.54, 1.807) is 110 Å². The molecule has 0 spiro atoms. The van der Waals surface area contributed by atoms with Crippen molar-refractivity contribution in [2.75, 3.05) is 7.11 Å².